The third-order valence-corrected chi connectivity index (χ3v) is 3.85. The number of carboxylic acid groups (broad SMARTS) is 1. The van der Waals surface area contributed by atoms with E-state index in [1.165, 1.54) is 10.8 Å². The molecule has 4 N–H and O–H groups in total. The van der Waals surface area contributed by atoms with E-state index >= 15 is 0 Å². The number of nitrogens with one attached hydrogen (secondary N) is 1. The van der Waals surface area contributed by atoms with Crippen molar-refractivity contribution in [2.24, 2.45) is 11.8 Å². The van der Waals surface area contributed by atoms with Crippen molar-refractivity contribution in [3.8, 4) is 0 Å². The highest BCUT2D eigenvalue weighted by atomic mass is 16.4. The van der Waals surface area contributed by atoms with E-state index in [9.17, 15) is 19.5 Å². The Morgan fingerprint density at radius 3 is 2.67 bits per heavy atom. The molecule has 1 aliphatic carbocycles. The number of nitrogens with zero attached hydrogens (tertiary/aromatic N) is 1. The number of hydrogen-bond acceptors (Lipinski definition) is 5. The Kier molecular flexibility index (Phi) is 4.39. The normalized spacial score (nSPS) is 25.0. The molecule has 0 bridgehead atoms. The summed E-state index contributed by atoms with van der Waals surface area (Å²) in [5.41, 5.74) is -1.25. The first-order valence-corrected chi connectivity index (χ1v) is 6.46. The van der Waals surface area contributed by atoms with Crippen molar-refractivity contribution in [2.75, 3.05) is 13.2 Å². The van der Waals surface area contributed by atoms with Crippen molar-refractivity contribution in [2.45, 2.75) is 12.5 Å². The average molecular weight is 296 g/mol. The van der Waals surface area contributed by atoms with Crippen LogP contribution in [0.25, 0.3) is 6.08 Å². The summed E-state index contributed by atoms with van der Waals surface area (Å²) >= 11 is 0. The molecule has 1 fully saturated rings. The number of rotatable bonds is 5. The molecule has 8 nitrogen and oxygen atoms in total. The van der Waals surface area contributed by atoms with Gasteiger partial charge in [0.25, 0.3) is 5.56 Å². The molecular weight excluding hydrogens is 280 g/mol. The Hall–Kier alpha value is -2.19. The summed E-state index contributed by atoms with van der Waals surface area (Å²) in [6, 6.07) is -0.325. The van der Waals surface area contributed by atoms with Gasteiger partial charge in [-0.1, -0.05) is 0 Å². The lowest BCUT2D eigenvalue weighted by Gasteiger charge is -2.43. The molecule has 21 heavy (non-hydrogen) atoms. The Labute approximate surface area is 119 Å². The van der Waals surface area contributed by atoms with E-state index in [0.717, 1.165) is 12.2 Å². The highest BCUT2D eigenvalue weighted by Crippen LogP contribution is 2.42. The molecule has 0 aromatic carbocycles. The van der Waals surface area contributed by atoms with E-state index < -0.39 is 17.2 Å². The zero-order valence-electron chi connectivity index (χ0n) is 11.1. The molecule has 0 radical (unpaired) electrons. The predicted octanol–water partition coefficient (Wildman–Crippen LogP) is -1.20. The Morgan fingerprint density at radius 2 is 2.10 bits per heavy atom. The molecular formula is C13H16N2O6. The Bertz CT molecular complexity index is 674. The SMILES string of the molecule is O=C(O)/C=C/c1cn(C2C[C@@H](CO)[C@@H]2CO)c(=O)[nH]c1=O. The van der Waals surface area contributed by atoms with Crippen molar-refractivity contribution in [3.05, 3.63) is 38.7 Å². The molecule has 1 aromatic heterocycles. The number of H-pyrrole nitrogens is 1. The first kappa shape index (κ1) is 15.2. The van der Waals surface area contributed by atoms with Crippen LogP contribution in [-0.4, -0.2) is 44.1 Å². The van der Waals surface area contributed by atoms with Gasteiger partial charge in [-0.2, -0.15) is 0 Å². The fraction of sp³-hybridized carbons (Fsp3) is 0.462. The summed E-state index contributed by atoms with van der Waals surface area (Å²) in [4.78, 5) is 36.1. The first-order valence-electron chi connectivity index (χ1n) is 6.46. The fourth-order valence-corrected chi connectivity index (χ4v) is 2.61. The van der Waals surface area contributed by atoms with Crippen molar-refractivity contribution in [3.63, 3.8) is 0 Å². The lowest BCUT2D eigenvalue weighted by Crippen LogP contribution is -2.47. The van der Waals surface area contributed by atoms with Gasteiger partial charge in [0.2, 0.25) is 0 Å². The van der Waals surface area contributed by atoms with E-state index in [1.807, 2.05) is 0 Å². The van der Waals surface area contributed by atoms with Crippen LogP contribution in [0.15, 0.2) is 21.9 Å². The first-order chi connectivity index (χ1) is 9.97. The summed E-state index contributed by atoms with van der Waals surface area (Å²) in [7, 11) is 0. The maximum atomic E-state index is 11.8. The molecule has 1 heterocycles. The summed E-state index contributed by atoms with van der Waals surface area (Å²) in [6.45, 7) is -0.257. The fourth-order valence-electron chi connectivity index (χ4n) is 2.61. The Balaban J connectivity index is 2.37. The van der Waals surface area contributed by atoms with Crippen LogP contribution in [0.3, 0.4) is 0 Å². The van der Waals surface area contributed by atoms with E-state index in [1.54, 1.807) is 0 Å². The van der Waals surface area contributed by atoms with Gasteiger partial charge in [0, 0.05) is 37.4 Å². The van der Waals surface area contributed by atoms with Crippen LogP contribution in [-0.2, 0) is 4.79 Å². The van der Waals surface area contributed by atoms with Crippen LogP contribution in [0.4, 0.5) is 0 Å². The van der Waals surface area contributed by atoms with Crippen LogP contribution < -0.4 is 11.2 Å². The molecule has 2 rings (SSSR count). The van der Waals surface area contributed by atoms with Crippen LogP contribution in [0.1, 0.15) is 18.0 Å². The number of hydrogen-bond donors (Lipinski definition) is 4. The van der Waals surface area contributed by atoms with Crippen molar-refractivity contribution >= 4 is 12.0 Å². The number of aromatic amines is 1. The molecule has 0 amide bonds. The van der Waals surface area contributed by atoms with Crippen LogP contribution in [0.2, 0.25) is 0 Å². The summed E-state index contributed by atoms with van der Waals surface area (Å²) in [5.74, 6) is -1.56. The lowest BCUT2D eigenvalue weighted by molar-refractivity contribution is -0.131. The summed E-state index contributed by atoms with van der Waals surface area (Å²) in [6.07, 6.45) is 3.70. The molecule has 8 heteroatoms. The number of aliphatic hydroxyl groups is 2. The van der Waals surface area contributed by atoms with Crippen molar-refractivity contribution in [1.82, 2.24) is 9.55 Å². The van der Waals surface area contributed by atoms with Crippen molar-refractivity contribution < 1.29 is 20.1 Å². The highest BCUT2D eigenvalue weighted by Gasteiger charge is 2.41. The smallest absolute Gasteiger partial charge is 0.328 e. The molecule has 0 aliphatic heterocycles. The number of aromatic nitrogens is 2. The molecule has 1 aromatic rings. The molecule has 1 aliphatic rings. The van der Waals surface area contributed by atoms with E-state index in [-0.39, 0.29) is 36.7 Å². The van der Waals surface area contributed by atoms with Gasteiger partial charge in [-0.25, -0.2) is 9.59 Å². The van der Waals surface area contributed by atoms with Gasteiger partial charge in [-0.05, 0) is 18.4 Å². The zero-order chi connectivity index (χ0) is 15.6. The molecule has 1 saturated carbocycles. The van der Waals surface area contributed by atoms with Gasteiger partial charge in [0.1, 0.15) is 0 Å². The van der Waals surface area contributed by atoms with Gasteiger partial charge in [-0.15, -0.1) is 0 Å². The minimum atomic E-state index is -1.20. The number of aliphatic carboxylic acids is 1. The third-order valence-electron chi connectivity index (χ3n) is 3.85. The second-order valence-electron chi connectivity index (χ2n) is 5.01. The van der Waals surface area contributed by atoms with Gasteiger partial charge in [-0.3, -0.25) is 14.3 Å². The maximum absolute atomic E-state index is 11.8. The largest absolute Gasteiger partial charge is 0.478 e. The van der Waals surface area contributed by atoms with Crippen LogP contribution in [0.5, 0.6) is 0 Å². The van der Waals surface area contributed by atoms with Crippen LogP contribution >= 0.6 is 0 Å². The van der Waals surface area contributed by atoms with E-state index in [0.29, 0.717) is 6.42 Å². The quantitative estimate of drug-likeness (QED) is 0.504. The minimum absolute atomic E-state index is 0.0427. The third kappa shape index (κ3) is 2.96. The van der Waals surface area contributed by atoms with Gasteiger partial charge >= 0.3 is 11.7 Å². The van der Waals surface area contributed by atoms with Gasteiger partial charge in [0.05, 0.1) is 5.56 Å². The van der Waals surface area contributed by atoms with Gasteiger partial charge < -0.3 is 15.3 Å². The molecule has 114 valence electrons. The standard InChI is InChI=1S/C13H16N2O6/c16-5-8-3-10(9(8)6-17)15-4-7(1-2-11(18)19)12(20)14-13(15)21/h1-2,4,8-10,16-17H,3,5-6H2,(H,18,19)(H,14,20,21)/b2-1+/t8-,9-,10?/m0/s1. The molecule has 1 unspecified atom stereocenters. The zero-order valence-corrected chi connectivity index (χ0v) is 11.1. The molecule has 3 atom stereocenters. The van der Waals surface area contributed by atoms with Crippen molar-refractivity contribution in [1.29, 1.82) is 0 Å². The average Bonchev–Trinajstić information content (AvgIpc) is 2.39. The number of carboxylic acids is 1. The van der Waals surface area contributed by atoms with Gasteiger partial charge in [0.15, 0.2) is 0 Å². The van der Waals surface area contributed by atoms with Crippen LogP contribution in [0, 0.1) is 11.8 Å². The maximum Gasteiger partial charge on any atom is 0.328 e. The second-order valence-corrected chi connectivity index (χ2v) is 5.01. The predicted molar refractivity (Wildman–Crippen MR) is 72.8 cm³/mol. The second kappa shape index (κ2) is 6.06. The Morgan fingerprint density at radius 1 is 1.38 bits per heavy atom. The van der Waals surface area contributed by atoms with E-state index in [2.05, 4.69) is 4.98 Å². The lowest BCUT2D eigenvalue weighted by atomic mass is 9.70. The monoisotopic (exact) mass is 296 g/mol. The topological polar surface area (TPSA) is 133 Å². The highest BCUT2D eigenvalue weighted by molar-refractivity contribution is 5.85. The number of carbonyl (C=O) groups is 1. The molecule has 0 saturated heterocycles. The summed E-state index contributed by atoms with van der Waals surface area (Å²) < 4.78 is 1.27. The van der Waals surface area contributed by atoms with E-state index in [4.69, 9.17) is 10.2 Å². The minimum Gasteiger partial charge on any atom is -0.478 e. The molecule has 0 spiro atoms. The summed E-state index contributed by atoms with van der Waals surface area (Å²) in [5, 5.41) is 27.0. The number of aliphatic hydroxyl groups excluding tert-OH is 2.